The number of pyridine rings is 1. The Morgan fingerprint density at radius 2 is 1.96 bits per heavy atom. The van der Waals surface area contributed by atoms with Gasteiger partial charge in [-0.05, 0) is 43.4 Å². The molecule has 0 spiro atoms. The molecule has 0 radical (unpaired) electrons. The second kappa shape index (κ2) is 10.7. The van der Waals surface area contributed by atoms with Crippen molar-refractivity contribution in [1.29, 1.82) is 0 Å². The minimum atomic E-state index is 0.235. The summed E-state index contributed by atoms with van der Waals surface area (Å²) in [6.07, 6.45) is 8.71. The Balaban J connectivity index is 0.000000511. The first kappa shape index (κ1) is 19.3. The standard InChI is InChI=1S/C19H22N2.C2H5NS/c1-15(16-8-3-2-4-9-16)21-19-12-6-5-11-18(19)17-10-7-13-20-14-17;1-3-2-4/h2-4,7-10,13-15,18H,5-6,11-12H2,1H3;2H,1H3,(H,3,4)/t15-,18+;/m1./s1. The molecule has 2 atom stereocenters. The summed E-state index contributed by atoms with van der Waals surface area (Å²) < 4.78 is 0. The molecule has 25 heavy (non-hydrogen) atoms. The summed E-state index contributed by atoms with van der Waals surface area (Å²) >= 11 is 4.32. The van der Waals surface area contributed by atoms with E-state index in [1.807, 2.05) is 18.5 Å². The van der Waals surface area contributed by atoms with Crippen LogP contribution in [-0.4, -0.2) is 23.2 Å². The Kier molecular flexibility index (Phi) is 8.26. The lowest BCUT2D eigenvalue weighted by molar-refractivity contribution is 0.603. The summed E-state index contributed by atoms with van der Waals surface area (Å²) in [5.74, 6) is 0.457. The summed E-state index contributed by atoms with van der Waals surface area (Å²) in [7, 11) is 1.77. The highest BCUT2D eigenvalue weighted by molar-refractivity contribution is 7.78. The van der Waals surface area contributed by atoms with Gasteiger partial charge in [0.05, 0.1) is 11.5 Å². The van der Waals surface area contributed by atoms with Crippen LogP contribution in [-0.2, 0) is 0 Å². The second-order valence-corrected chi connectivity index (χ2v) is 6.43. The molecular weight excluding hydrogens is 326 g/mol. The molecular formula is C21H27N3S. The molecule has 1 saturated carbocycles. The number of thiocarbonyl (C=S) groups is 1. The van der Waals surface area contributed by atoms with E-state index >= 15 is 0 Å². The van der Waals surface area contributed by atoms with Crippen LogP contribution >= 0.6 is 12.2 Å². The summed E-state index contributed by atoms with van der Waals surface area (Å²) in [4.78, 5) is 9.33. The van der Waals surface area contributed by atoms with Gasteiger partial charge in [-0.15, -0.1) is 0 Å². The van der Waals surface area contributed by atoms with Crippen molar-refractivity contribution in [2.24, 2.45) is 4.99 Å². The van der Waals surface area contributed by atoms with Crippen molar-refractivity contribution in [3.8, 4) is 0 Å². The van der Waals surface area contributed by atoms with Crippen LogP contribution in [0.25, 0.3) is 0 Å². The molecule has 1 aliphatic carbocycles. The van der Waals surface area contributed by atoms with Crippen molar-refractivity contribution in [3.63, 3.8) is 0 Å². The third kappa shape index (κ3) is 6.05. The third-order valence-corrected chi connectivity index (χ3v) is 4.66. The number of nitrogens with zero attached hydrogens (tertiary/aromatic N) is 2. The summed E-state index contributed by atoms with van der Waals surface area (Å²) in [6.45, 7) is 2.19. The van der Waals surface area contributed by atoms with E-state index in [-0.39, 0.29) is 6.04 Å². The van der Waals surface area contributed by atoms with Crippen molar-refractivity contribution in [2.75, 3.05) is 7.05 Å². The zero-order valence-corrected chi connectivity index (χ0v) is 15.9. The van der Waals surface area contributed by atoms with Crippen LogP contribution in [0.2, 0.25) is 0 Å². The predicted molar refractivity (Wildman–Crippen MR) is 110 cm³/mol. The number of nitrogens with one attached hydrogen (secondary N) is 1. The first-order valence-corrected chi connectivity index (χ1v) is 9.35. The Hall–Kier alpha value is -2.07. The van der Waals surface area contributed by atoms with Crippen LogP contribution in [0, 0.1) is 0 Å². The predicted octanol–water partition coefficient (Wildman–Crippen LogP) is 5.10. The third-order valence-electron chi connectivity index (χ3n) is 4.42. The number of rotatable bonds is 4. The van der Waals surface area contributed by atoms with E-state index < -0.39 is 0 Å². The zero-order valence-electron chi connectivity index (χ0n) is 15.1. The largest absolute Gasteiger partial charge is 0.385 e. The first-order chi connectivity index (χ1) is 12.3. The van der Waals surface area contributed by atoms with Gasteiger partial charge in [0.25, 0.3) is 0 Å². The van der Waals surface area contributed by atoms with Crippen molar-refractivity contribution >= 4 is 23.4 Å². The molecule has 3 rings (SSSR count). The molecule has 1 aromatic heterocycles. The van der Waals surface area contributed by atoms with Crippen molar-refractivity contribution in [2.45, 2.75) is 44.6 Å². The minimum Gasteiger partial charge on any atom is -0.385 e. The maximum Gasteiger partial charge on any atom is 0.0720 e. The van der Waals surface area contributed by atoms with E-state index in [1.54, 1.807) is 7.05 Å². The average Bonchev–Trinajstić information content (AvgIpc) is 2.70. The fourth-order valence-electron chi connectivity index (χ4n) is 3.15. The molecule has 0 bridgehead atoms. The molecule has 1 aromatic carbocycles. The Labute approximate surface area is 156 Å². The number of benzene rings is 1. The molecule has 0 aliphatic heterocycles. The molecule has 1 fully saturated rings. The Bertz CT molecular complexity index is 655. The fourth-order valence-corrected chi connectivity index (χ4v) is 3.15. The molecule has 1 aliphatic rings. The molecule has 0 amide bonds. The van der Waals surface area contributed by atoms with Gasteiger partial charge < -0.3 is 5.32 Å². The van der Waals surface area contributed by atoms with Crippen LogP contribution in [0.1, 0.15) is 55.7 Å². The second-order valence-electron chi connectivity index (χ2n) is 6.20. The SMILES string of the molecule is CNC=S.C[C@@H](N=C1CCCC[C@H]1c1cccnc1)c1ccccc1. The molecule has 1 N–H and O–H groups in total. The van der Waals surface area contributed by atoms with E-state index in [1.165, 1.54) is 41.6 Å². The molecule has 132 valence electrons. The Morgan fingerprint density at radius 3 is 2.60 bits per heavy atom. The number of hydrogen-bond donors (Lipinski definition) is 1. The van der Waals surface area contributed by atoms with Gasteiger partial charge in [-0.25, -0.2) is 0 Å². The van der Waals surface area contributed by atoms with E-state index in [0.717, 1.165) is 6.42 Å². The van der Waals surface area contributed by atoms with Crippen LogP contribution in [0.3, 0.4) is 0 Å². The minimum absolute atomic E-state index is 0.235. The number of hydrogen-bond acceptors (Lipinski definition) is 3. The summed E-state index contributed by atoms with van der Waals surface area (Å²) in [5.41, 5.74) is 5.42. The average molecular weight is 354 g/mol. The lowest BCUT2D eigenvalue weighted by Gasteiger charge is -2.25. The maximum atomic E-state index is 5.05. The quantitative estimate of drug-likeness (QED) is 0.777. The van der Waals surface area contributed by atoms with Crippen LogP contribution < -0.4 is 5.32 Å². The summed E-state index contributed by atoms with van der Waals surface area (Å²) in [6, 6.07) is 15.0. The zero-order chi connectivity index (χ0) is 17.9. The van der Waals surface area contributed by atoms with E-state index in [2.05, 4.69) is 65.8 Å². The van der Waals surface area contributed by atoms with Crippen LogP contribution in [0.4, 0.5) is 0 Å². The smallest absolute Gasteiger partial charge is 0.0720 e. The lowest BCUT2D eigenvalue weighted by atomic mass is 9.82. The molecule has 2 aromatic rings. The van der Waals surface area contributed by atoms with Gasteiger partial charge in [0.15, 0.2) is 0 Å². The highest BCUT2D eigenvalue weighted by Crippen LogP contribution is 2.32. The molecule has 4 heteroatoms. The van der Waals surface area contributed by atoms with E-state index in [4.69, 9.17) is 4.99 Å². The molecule has 0 unspecified atom stereocenters. The van der Waals surface area contributed by atoms with Gasteiger partial charge in [-0.3, -0.25) is 9.98 Å². The van der Waals surface area contributed by atoms with E-state index in [0.29, 0.717) is 5.92 Å². The Morgan fingerprint density at radius 1 is 1.20 bits per heavy atom. The number of aliphatic imine (C=N–C) groups is 1. The normalized spacial score (nSPS) is 19.4. The molecule has 3 nitrogen and oxygen atoms in total. The highest BCUT2D eigenvalue weighted by atomic mass is 32.1. The van der Waals surface area contributed by atoms with Crippen LogP contribution in [0.15, 0.2) is 59.9 Å². The van der Waals surface area contributed by atoms with Gasteiger partial charge in [0.1, 0.15) is 0 Å². The van der Waals surface area contributed by atoms with Gasteiger partial charge in [0, 0.05) is 31.1 Å². The molecule has 1 heterocycles. The van der Waals surface area contributed by atoms with Gasteiger partial charge in [0.2, 0.25) is 0 Å². The number of aromatic nitrogens is 1. The lowest BCUT2D eigenvalue weighted by Crippen LogP contribution is -2.18. The fraction of sp³-hybridized carbons (Fsp3) is 0.381. The van der Waals surface area contributed by atoms with Gasteiger partial charge in [-0.1, -0.05) is 55.0 Å². The van der Waals surface area contributed by atoms with Gasteiger partial charge >= 0.3 is 0 Å². The highest BCUT2D eigenvalue weighted by Gasteiger charge is 2.22. The van der Waals surface area contributed by atoms with Crippen LogP contribution in [0.5, 0.6) is 0 Å². The summed E-state index contributed by atoms with van der Waals surface area (Å²) in [5, 5.41) is 2.62. The van der Waals surface area contributed by atoms with E-state index in [9.17, 15) is 0 Å². The van der Waals surface area contributed by atoms with Crippen molar-refractivity contribution in [3.05, 3.63) is 66.0 Å². The monoisotopic (exact) mass is 353 g/mol. The van der Waals surface area contributed by atoms with Gasteiger partial charge in [-0.2, -0.15) is 0 Å². The molecule has 0 saturated heterocycles. The maximum absolute atomic E-state index is 5.05. The first-order valence-electron chi connectivity index (χ1n) is 8.88. The van der Waals surface area contributed by atoms with Crippen molar-refractivity contribution in [1.82, 2.24) is 10.3 Å². The topological polar surface area (TPSA) is 37.3 Å². The van der Waals surface area contributed by atoms with Crippen molar-refractivity contribution < 1.29 is 0 Å².